The maximum Gasteiger partial charge on any atom is 0.150 e. The summed E-state index contributed by atoms with van der Waals surface area (Å²) >= 11 is 0. The van der Waals surface area contributed by atoms with Gasteiger partial charge in [-0.1, -0.05) is 13.0 Å². The SMILES string of the molecule is CCC1(c2cc(C)c(F)cc2C=O)CC1. The van der Waals surface area contributed by atoms with E-state index in [-0.39, 0.29) is 11.2 Å². The van der Waals surface area contributed by atoms with Crippen molar-refractivity contribution in [2.24, 2.45) is 0 Å². The molecule has 2 heteroatoms. The molecule has 0 saturated heterocycles. The van der Waals surface area contributed by atoms with E-state index < -0.39 is 0 Å². The fourth-order valence-corrected chi connectivity index (χ4v) is 2.22. The van der Waals surface area contributed by atoms with Gasteiger partial charge in [-0.05, 0) is 48.8 Å². The number of carbonyl (C=O) groups is 1. The van der Waals surface area contributed by atoms with Crippen molar-refractivity contribution in [3.63, 3.8) is 0 Å². The minimum atomic E-state index is -0.284. The van der Waals surface area contributed by atoms with Crippen molar-refractivity contribution in [3.8, 4) is 0 Å². The van der Waals surface area contributed by atoms with Crippen LogP contribution in [0.3, 0.4) is 0 Å². The van der Waals surface area contributed by atoms with Crippen LogP contribution in [0.4, 0.5) is 4.39 Å². The Kier molecular flexibility index (Phi) is 2.37. The van der Waals surface area contributed by atoms with Crippen molar-refractivity contribution in [3.05, 3.63) is 34.6 Å². The van der Waals surface area contributed by atoms with E-state index in [4.69, 9.17) is 0 Å². The molecule has 0 radical (unpaired) electrons. The van der Waals surface area contributed by atoms with E-state index >= 15 is 0 Å². The lowest BCUT2D eigenvalue weighted by Crippen LogP contribution is -2.09. The number of hydrogen-bond acceptors (Lipinski definition) is 1. The van der Waals surface area contributed by atoms with Crippen LogP contribution >= 0.6 is 0 Å². The van der Waals surface area contributed by atoms with Gasteiger partial charge in [0.15, 0.2) is 0 Å². The number of aldehydes is 1. The van der Waals surface area contributed by atoms with Crippen LogP contribution in [0.1, 0.15) is 47.7 Å². The molecular weight excluding hydrogens is 191 g/mol. The minimum absolute atomic E-state index is 0.161. The second-order valence-electron chi connectivity index (χ2n) is 4.44. The summed E-state index contributed by atoms with van der Waals surface area (Å²) in [4.78, 5) is 10.9. The molecule has 1 nitrogen and oxygen atoms in total. The van der Waals surface area contributed by atoms with E-state index in [2.05, 4.69) is 6.92 Å². The molecular formula is C13H15FO. The lowest BCUT2D eigenvalue weighted by atomic mass is 9.88. The third kappa shape index (κ3) is 1.58. The first-order valence-electron chi connectivity index (χ1n) is 5.39. The monoisotopic (exact) mass is 206 g/mol. The van der Waals surface area contributed by atoms with Gasteiger partial charge in [-0.25, -0.2) is 4.39 Å². The van der Waals surface area contributed by atoms with Crippen molar-refractivity contribution in [1.82, 2.24) is 0 Å². The van der Waals surface area contributed by atoms with Gasteiger partial charge < -0.3 is 0 Å². The summed E-state index contributed by atoms with van der Waals surface area (Å²) in [5.41, 5.74) is 2.36. The van der Waals surface area contributed by atoms with Crippen molar-refractivity contribution in [1.29, 1.82) is 0 Å². The van der Waals surface area contributed by atoms with E-state index in [0.717, 1.165) is 31.1 Å². The molecule has 0 atom stereocenters. The van der Waals surface area contributed by atoms with Crippen molar-refractivity contribution in [2.75, 3.05) is 0 Å². The summed E-state index contributed by atoms with van der Waals surface area (Å²) in [6.45, 7) is 3.87. The molecule has 0 bridgehead atoms. The molecule has 0 unspecified atom stereocenters. The van der Waals surface area contributed by atoms with Gasteiger partial charge in [-0.3, -0.25) is 4.79 Å². The average Bonchev–Trinajstić information content (AvgIpc) is 3.02. The van der Waals surface area contributed by atoms with Gasteiger partial charge >= 0.3 is 0 Å². The summed E-state index contributed by atoms with van der Waals surface area (Å²) in [6, 6.07) is 3.21. The Morgan fingerprint density at radius 3 is 2.60 bits per heavy atom. The van der Waals surface area contributed by atoms with Gasteiger partial charge in [0.25, 0.3) is 0 Å². The van der Waals surface area contributed by atoms with Crippen LogP contribution in [0.5, 0.6) is 0 Å². The number of halogens is 1. The number of benzene rings is 1. The fraction of sp³-hybridized carbons (Fsp3) is 0.462. The molecule has 0 amide bonds. The minimum Gasteiger partial charge on any atom is -0.298 e. The first kappa shape index (κ1) is 10.3. The van der Waals surface area contributed by atoms with Crippen molar-refractivity contribution >= 4 is 6.29 Å². The van der Waals surface area contributed by atoms with Gasteiger partial charge in [0.1, 0.15) is 12.1 Å². The molecule has 15 heavy (non-hydrogen) atoms. The van der Waals surface area contributed by atoms with Crippen LogP contribution < -0.4 is 0 Å². The van der Waals surface area contributed by atoms with Gasteiger partial charge in [0, 0.05) is 5.56 Å². The molecule has 1 aromatic carbocycles. The number of hydrogen-bond donors (Lipinski definition) is 0. The molecule has 0 aliphatic heterocycles. The zero-order valence-corrected chi connectivity index (χ0v) is 9.14. The predicted octanol–water partition coefficient (Wildman–Crippen LogP) is 3.39. The van der Waals surface area contributed by atoms with Crippen molar-refractivity contribution < 1.29 is 9.18 Å². The Bertz CT molecular complexity index is 405. The highest BCUT2D eigenvalue weighted by molar-refractivity contribution is 5.78. The van der Waals surface area contributed by atoms with E-state index in [1.807, 2.05) is 6.07 Å². The zero-order valence-electron chi connectivity index (χ0n) is 9.14. The highest BCUT2D eigenvalue weighted by atomic mass is 19.1. The van der Waals surface area contributed by atoms with Crippen LogP contribution in [-0.4, -0.2) is 6.29 Å². The Morgan fingerprint density at radius 1 is 1.47 bits per heavy atom. The Hall–Kier alpha value is -1.18. The quantitative estimate of drug-likeness (QED) is 0.693. The zero-order chi connectivity index (χ0) is 11.1. The van der Waals surface area contributed by atoms with Crippen LogP contribution in [0.2, 0.25) is 0 Å². The first-order chi connectivity index (χ1) is 7.13. The molecule has 0 spiro atoms. The molecule has 2 rings (SSSR count). The molecule has 1 aliphatic rings. The molecule has 0 N–H and O–H groups in total. The number of aryl methyl sites for hydroxylation is 1. The second-order valence-corrected chi connectivity index (χ2v) is 4.44. The molecule has 1 fully saturated rings. The molecule has 1 saturated carbocycles. The normalized spacial score (nSPS) is 17.5. The summed E-state index contributed by atoms with van der Waals surface area (Å²) in [6.07, 6.45) is 4.04. The topological polar surface area (TPSA) is 17.1 Å². The van der Waals surface area contributed by atoms with Crippen molar-refractivity contribution in [2.45, 2.75) is 38.5 Å². The summed E-state index contributed by atoms with van der Waals surface area (Å²) < 4.78 is 13.3. The van der Waals surface area contributed by atoms with Crippen LogP contribution in [0, 0.1) is 12.7 Å². The second kappa shape index (κ2) is 3.44. The predicted molar refractivity (Wildman–Crippen MR) is 57.7 cm³/mol. The highest BCUT2D eigenvalue weighted by Crippen LogP contribution is 2.52. The van der Waals surface area contributed by atoms with E-state index in [1.54, 1.807) is 6.92 Å². The third-order valence-electron chi connectivity index (χ3n) is 3.56. The van der Waals surface area contributed by atoms with Gasteiger partial charge in [-0.15, -0.1) is 0 Å². The molecule has 0 heterocycles. The van der Waals surface area contributed by atoms with Crippen LogP contribution in [-0.2, 0) is 5.41 Å². The molecule has 0 aromatic heterocycles. The standard InChI is InChI=1S/C13H15FO/c1-3-13(4-5-13)11-6-9(2)12(14)7-10(11)8-15/h6-8H,3-5H2,1-2H3. The Labute approximate surface area is 89.3 Å². The molecule has 1 aliphatic carbocycles. The third-order valence-corrected chi connectivity index (χ3v) is 3.56. The number of rotatable bonds is 3. The maximum atomic E-state index is 13.3. The fourth-order valence-electron chi connectivity index (χ4n) is 2.22. The van der Waals surface area contributed by atoms with Gasteiger partial charge in [0.2, 0.25) is 0 Å². The largest absolute Gasteiger partial charge is 0.298 e. The molecule has 80 valence electrons. The van der Waals surface area contributed by atoms with Gasteiger partial charge in [0.05, 0.1) is 0 Å². The Balaban J connectivity index is 2.55. The smallest absolute Gasteiger partial charge is 0.150 e. The summed E-state index contributed by atoms with van der Waals surface area (Å²) in [7, 11) is 0. The van der Waals surface area contributed by atoms with E-state index in [1.165, 1.54) is 6.07 Å². The lowest BCUT2D eigenvalue weighted by Gasteiger charge is -2.16. The van der Waals surface area contributed by atoms with Gasteiger partial charge in [-0.2, -0.15) is 0 Å². The summed E-state index contributed by atoms with van der Waals surface area (Å²) in [5.74, 6) is -0.284. The maximum absolute atomic E-state index is 13.3. The number of carbonyl (C=O) groups excluding carboxylic acids is 1. The van der Waals surface area contributed by atoms with E-state index in [0.29, 0.717) is 11.1 Å². The molecule has 1 aromatic rings. The highest BCUT2D eigenvalue weighted by Gasteiger charge is 2.43. The average molecular weight is 206 g/mol. The first-order valence-corrected chi connectivity index (χ1v) is 5.39. The lowest BCUT2D eigenvalue weighted by molar-refractivity contribution is 0.112. The van der Waals surface area contributed by atoms with E-state index in [9.17, 15) is 9.18 Å². The summed E-state index contributed by atoms with van der Waals surface area (Å²) in [5, 5.41) is 0. The van der Waals surface area contributed by atoms with Crippen LogP contribution in [0.15, 0.2) is 12.1 Å². The van der Waals surface area contributed by atoms with Crippen LogP contribution in [0.25, 0.3) is 0 Å². The Morgan fingerprint density at radius 2 is 2.13 bits per heavy atom.